The molecule has 4 nitrogen and oxygen atoms in total. The van der Waals surface area contributed by atoms with Gasteiger partial charge in [-0.05, 0) is 42.3 Å². The van der Waals surface area contributed by atoms with Crippen molar-refractivity contribution in [3.05, 3.63) is 64.2 Å². The Morgan fingerprint density at radius 3 is 2.50 bits per heavy atom. The monoisotopic (exact) mass is 373 g/mol. The molecule has 1 N–H and O–H groups in total. The Labute approximate surface area is 159 Å². The highest BCUT2D eigenvalue weighted by Gasteiger charge is 2.13. The fourth-order valence-corrected chi connectivity index (χ4v) is 2.62. The van der Waals surface area contributed by atoms with E-state index in [0.717, 1.165) is 17.5 Å². The van der Waals surface area contributed by atoms with Gasteiger partial charge in [-0.15, -0.1) is 0 Å². The van der Waals surface area contributed by atoms with Gasteiger partial charge in [-0.1, -0.05) is 42.8 Å². The lowest BCUT2D eigenvalue weighted by Gasteiger charge is -2.16. The van der Waals surface area contributed by atoms with E-state index in [4.69, 9.17) is 21.1 Å². The Kier molecular flexibility index (Phi) is 7.70. The van der Waals surface area contributed by atoms with Crippen LogP contribution in [0.5, 0.6) is 5.75 Å². The van der Waals surface area contributed by atoms with Crippen LogP contribution in [0.2, 0.25) is 5.02 Å². The first-order valence-corrected chi connectivity index (χ1v) is 8.86. The number of benzene rings is 2. The summed E-state index contributed by atoms with van der Waals surface area (Å²) in [4.78, 5) is 12.5. The number of carbonyl (C=O) groups excluding carboxylic acids is 1. The largest absolute Gasteiger partial charge is 0.496 e. The predicted octanol–water partition coefficient (Wildman–Crippen LogP) is 4.67. The van der Waals surface area contributed by atoms with Crippen LogP contribution in [0.25, 0.3) is 12.2 Å². The second-order valence-corrected chi connectivity index (χ2v) is 6.31. The Morgan fingerprint density at radius 2 is 1.88 bits per heavy atom. The second kappa shape index (κ2) is 10.00. The van der Waals surface area contributed by atoms with Crippen LogP contribution in [0.4, 0.5) is 0 Å². The summed E-state index contributed by atoms with van der Waals surface area (Å²) in [5.41, 5.74) is 2.42. The zero-order valence-corrected chi connectivity index (χ0v) is 16.0. The number of hydrogen-bond acceptors (Lipinski definition) is 3. The molecule has 0 fully saturated rings. The second-order valence-electron chi connectivity index (χ2n) is 5.88. The normalized spacial score (nSPS) is 12.2. The highest BCUT2D eigenvalue weighted by molar-refractivity contribution is 6.30. The van der Waals surface area contributed by atoms with Crippen molar-refractivity contribution in [3.8, 4) is 5.75 Å². The molecule has 0 aromatic heterocycles. The number of nitrogens with one attached hydrogen (secondary N) is 1. The van der Waals surface area contributed by atoms with Crippen LogP contribution >= 0.6 is 11.6 Å². The average Bonchev–Trinajstić information content (AvgIpc) is 2.66. The highest BCUT2D eigenvalue weighted by Crippen LogP contribution is 2.23. The van der Waals surface area contributed by atoms with Gasteiger partial charge in [-0.3, -0.25) is 4.79 Å². The van der Waals surface area contributed by atoms with E-state index in [1.807, 2.05) is 49.4 Å². The van der Waals surface area contributed by atoms with Crippen molar-refractivity contribution in [2.75, 3.05) is 20.8 Å². The van der Waals surface area contributed by atoms with E-state index in [-0.39, 0.29) is 11.9 Å². The summed E-state index contributed by atoms with van der Waals surface area (Å²) >= 11 is 5.91. The van der Waals surface area contributed by atoms with Gasteiger partial charge in [0.2, 0.25) is 0 Å². The van der Waals surface area contributed by atoms with Crippen LogP contribution in [0.3, 0.4) is 0 Å². The zero-order chi connectivity index (χ0) is 18.9. The molecule has 0 spiro atoms. The van der Waals surface area contributed by atoms with E-state index in [1.54, 1.807) is 26.4 Å². The number of hydrogen-bond donors (Lipinski definition) is 1. The number of halogens is 1. The Balaban J connectivity index is 2.21. The lowest BCUT2D eigenvalue weighted by molar-refractivity contribution is 0.0894. The van der Waals surface area contributed by atoms with Gasteiger partial charge in [0.1, 0.15) is 5.75 Å². The summed E-state index contributed by atoms with van der Waals surface area (Å²) in [6.45, 7) is 2.50. The van der Waals surface area contributed by atoms with E-state index in [1.165, 1.54) is 0 Å². The number of ether oxygens (including phenoxy) is 2. The van der Waals surface area contributed by atoms with Crippen LogP contribution in [0.15, 0.2) is 42.5 Å². The summed E-state index contributed by atoms with van der Waals surface area (Å²) < 4.78 is 10.5. The van der Waals surface area contributed by atoms with Gasteiger partial charge in [0.05, 0.1) is 19.8 Å². The van der Waals surface area contributed by atoms with Crippen molar-refractivity contribution in [1.29, 1.82) is 0 Å². The first-order chi connectivity index (χ1) is 12.6. The molecule has 138 valence electrons. The van der Waals surface area contributed by atoms with Gasteiger partial charge in [-0.25, -0.2) is 0 Å². The lowest BCUT2D eigenvalue weighted by atomic mass is 10.1. The minimum atomic E-state index is -0.127. The number of methoxy groups -OCH3 is 2. The van der Waals surface area contributed by atoms with Crippen LogP contribution in [0, 0.1) is 0 Å². The number of carbonyl (C=O) groups is 1. The topological polar surface area (TPSA) is 47.6 Å². The minimum Gasteiger partial charge on any atom is -0.496 e. The van der Waals surface area contributed by atoms with Crippen LogP contribution in [-0.4, -0.2) is 32.8 Å². The van der Waals surface area contributed by atoms with Gasteiger partial charge in [0.15, 0.2) is 0 Å². The maximum atomic E-state index is 12.5. The molecule has 0 heterocycles. The Bertz CT molecular complexity index is 756. The Hall–Kier alpha value is -2.30. The third-order valence-corrected chi connectivity index (χ3v) is 4.27. The van der Waals surface area contributed by atoms with Crippen molar-refractivity contribution in [2.45, 2.75) is 19.4 Å². The minimum absolute atomic E-state index is 0.0114. The van der Waals surface area contributed by atoms with Gasteiger partial charge in [0.25, 0.3) is 5.91 Å². The van der Waals surface area contributed by atoms with Crippen molar-refractivity contribution in [1.82, 2.24) is 5.32 Å². The van der Waals surface area contributed by atoms with Crippen molar-refractivity contribution >= 4 is 29.7 Å². The average molecular weight is 374 g/mol. The zero-order valence-electron chi connectivity index (χ0n) is 15.3. The molecule has 0 bridgehead atoms. The molecule has 1 amide bonds. The van der Waals surface area contributed by atoms with E-state index < -0.39 is 0 Å². The maximum Gasteiger partial charge on any atom is 0.251 e. The van der Waals surface area contributed by atoms with Gasteiger partial charge >= 0.3 is 0 Å². The van der Waals surface area contributed by atoms with E-state index in [2.05, 4.69) is 5.32 Å². The highest BCUT2D eigenvalue weighted by atomic mass is 35.5. The molecule has 2 rings (SSSR count). The first kappa shape index (κ1) is 20.0. The molecule has 2 aromatic rings. The third kappa shape index (κ3) is 5.61. The van der Waals surface area contributed by atoms with E-state index >= 15 is 0 Å². The summed E-state index contributed by atoms with van der Waals surface area (Å²) in [7, 11) is 3.24. The van der Waals surface area contributed by atoms with E-state index in [0.29, 0.717) is 22.9 Å². The van der Waals surface area contributed by atoms with Gasteiger partial charge in [-0.2, -0.15) is 0 Å². The molecular weight excluding hydrogens is 350 g/mol. The summed E-state index contributed by atoms with van der Waals surface area (Å²) in [6, 6.07) is 12.9. The molecule has 0 aliphatic rings. The Morgan fingerprint density at radius 1 is 1.15 bits per heavy atom. The SMILES string of the molecule is CCC(COC)NC(=O)c1ccc(OC)c(/C=C/c2ccc(Cl)cc2)c1. The molecule has 1 atom stereocenters. The fraction of sp³-hybridized carbons (Fsp3) is 0.286. The lowest BCUT2D eigenvalue weighted by Crippen LogP contribution is -2.37. The van der Waals surface area contributed by atoms with Crippen LogP contribution in [-0.2, 0) is 4.74 Å². The van der Waals surface area contributed by atoms with Crippen molar-refractivity contribution < 1.29 is 14.3 Å². The summed E-state index contributed by atoms with van der Waals surface area (Å²) in [5.74, 6) is 0.577. The van der Waals surface area contributed by atoms with Crippen molar-refractivity contribution in [3.63, 3.8) is 0 Å². The molecule has 0 saturated carbocycles. The smallest absolute Gasteiger partial charge is 0.251 e. The summed E-state index contributed by atoms with van der Waals surface area (Å²) in [6.07, 6.45) is 4.68. The first-order valence-electron chi connectivity index (χ1n) is 8.48. The molecule has 0 aliphatic carbocycles. The van der Waals surface area contributed by atoms with Crippen LogP contribution < -0.4 is 10.1 Å². The summed E-state index contributed by atoms with van der Waals surface area (Å²) in [5, 5.41) is 3.68. The van der Waals surface area contributed by atoms with Crippen molar-refractivity contribution in [2.24, 2.45) is 0 Å². The molecule has 0 saturated heterocycles. The molecular formula is C21H24ClNO3. The van der Waals surface area contributed by atoms with Crippen LogP contribution in [0.1, 0.15) is 34.8 Å². The fourth-order valence-electron chi connectivity index (χ4n) is 2.50. The molecule has 5 heteroatoms. The third-order valence-electron chi connectivity index (χ3n) is 4.01. The predicted molar refractivity (Wildman–Crippen MR) is 107 cm³/mol. The quantitative estimate of drug-likeness (QED) is 0.684. The number of rotatable bonds is 8. The molecule has 1 unspecified atom stereocenters. The molecule has 0 radical (unpaired) electrons. The number of amides is 1. The molecule has 2 aromatic carbocycles. The van der Waals surface area contributed by atoms with Gasteiger partial charge in [0, 0.05) is 23.3 Å². The maximum absolute atomic E-state index is 12.5. The van der Waals surface area contributed by atoms with E-state index in [9.17, 15) is 4.79 Å². The molecule has 26 heavy (non-hydrogen) atoms. The van der Waals surface area contributed by atoms with Gasteiger partial charge < -0.3 is 14.8 Å². The molecule has 0 aliphatic heterocycles. The standard InChI is InChI=1S/C21H24ClNO3/c1-4-19(14-25-2)23-21(24)17-9-12-20(26-3)16(13-17)8-5-15-6-10-18(22)11-7-15/h5-13,19H,4,14H2,1-3H3,(H,23,24)/b8-5+.